The smallest absolute Gasteiger partial charge is 0.342 e. The van der Waals surface area contributed by atoms with E-state index in [9.17, 15) is 4.79 Å². The number of rotatable bonds is 3. The number of fused-ring (bicyclic) bond motifs is 2. The van der Waals surface area contributed by atoms with Gasteiger partial charge < -0.3 is 4.42 Å². The highest BCUT2D eigenvalue weighted by molar-refractivity contribution is 6.36. The van der Waals surface area contributed by atoms with Crippen molar-refractivity contribution in [3.63, 3.8) is 0 Å². The zero-order valence-electron chi connectivity index (χ0n) is 15.2. The lowest BCUT2D eigenvalue weighted by molar-refractivity contribution is 0.239. The summed E-state index contributed by atoms with van der Waals surface area (Å²) in [6.45, 7) is 4.03. The van der Waals surface area contributed by atoms with Crippen LogP contribution in [0.5, 0.6) is 0 Å². The van der Waals surface area contributed by atoms with Gasteiger partial charge in [0.15, 0.2) is 0 Å². The third kappa shape index (κ3) is 3.15. The van der Waals surface area contributed by atoms with Crippen LogP contribution < -0.4 is 5.63 Å². The van der Waals surface area contributed by atoms with Gasteiger partial charge in [0.25, 0.3) is 0 Å². The van der Waals surface area contributed by atoms with Crippen LogP contribution in [0.25, 0.3) is 11.0 Å². The standard InChI is InChI=1S/C21H20ClN3O2/c1-12-2-5-18-15(8-12)19(22)16(21(26)27-18)11-25-7-6-17-14(10-25)9-23-20(24-17)13-3-4-13/h2,5,8-9,13H,3-4,6-7,10-11H2,1H3. The number of halogens is 1. The largest absolute Gasteiger partial charge is 0.422 e. The van der Waals surface area contributed by atoms with Crippen LogP contribution in [0.1, 0.15) is 47.0 Å². The van der Waals surface area contributed by atoms with E-state index in [-0.39, 0.29) is 5.63 Å². The van der Waals surface area contributed by atoms with Crippen LogP contribution >= 0.6 is 11.6 Å². The maximum Gasteiger partial charge on any atom is 0.342 e. The van der Waals surface area contributed by atoms with Gasteiger partial charge in [0, 0.05) is 54.8 Å². The second-order valence-corrected chi connectivity index (χ2v) is 7.99. The molecule has 3 heterocycles. The Morgan fingerprint density at radius 3 is 3.00 bits per heavy atom. The second-order valence-electron chi connectivity index (χ2n) is 7.62. The summed E-state index contributed by atoms with van der Waals surface area (Å²) in [4.78, 5) is 24.0. The third-order valence-corrected chi connectivity index (χ3v) is 5.87. The molecule has 1 aromatic carbocycles. The number of hydrogen-bond donors (Lipinski definition) is 0. The van der Waals surface area contributed by atoms with E-state index in [1.165, 1.54) is 12.8 Å². The molecule has 1 aliphatic heterocycles. The van der Waals surface area contributed by atoms with E-state index >= 15 is 0 Å². The van der Waals surface area contributed by atoms with Crippen LogP contribution in [0.3, 0.4) is 0 Å². The minimum absolute atomic E-state index is 0.359. The van der Waals surface area contributed by atoms with Crippen molar-refractivity contribution in [3.8, 4) is 0 Å². The van der Waals surface area contributed by atoms with E-state index in [0.717, 1.165) is 47.5 Å². The molecule has 6 heteroatoms. The van der Waals surface area contributed by atoms with Gasteiger partial charge in [-0.3, -0.25) is 4.90 Å². The van der Waals surface area contributed by atoms with E-state index in [1.54, 1.807) is 6.07 Å². The predicted octanol–water partition coefficient (Wildman–Crippen LogP) is 3.98. The van der Waals surface area contributed by atoms with Crippen molar-refractivity contribution in [2.45, 2.75) is 45.2 Å². The molecule has 1 fully saturated rings. The zero-order valence-corrected chi connectivity index (χ0v) is 15.9. The van der Waals surface area contributed by atoms with Gasteiger partial charge in [0.2, 0.25) is 0 Å². The number of benzene rings is 1. The quantitative estimate of drug-likeness (QED) is 0.642. The van der Waals surface area contributed by atoms with Crippen molar-refractivity contribution >= 4 is 22.6 Å². The van der Waals surface area contributed by atoms with Crippen molar-refractivity contribution in [3.05, 3.63) is 68.0 Å². The predicted molar refractivity (Wildman–Crippen MR) is 104 cm³/mol. The van der Waals surface area contributed by atoms with Gasteiger partial charge in [-0.05, 0) is 31.9 Å². The average Bonchev–Trinajstić information content (AvgIpc) is 3.51. The molecule has 2 aromatic heterocycles. The summed E-state index contributed by atoms with van der Waals surface area (Å²) in [5, 5.41) is 1.29. The Hall–Kier alpha value is -2.24. The molecular formula is C21H20ClN3O2. The first kappa shape index (κ1) is 16.9. The molecule has 1 aliphatic carbocycles. The lowest BCUT2D eigenvalue weighted by Gasteiger charge is -2.28. The molecule has 0 amide bonds. The Kier molecular flexibility index (Phi) is 4.02. The molecule has 0 N–H and O–H groups in total. The molecule has 0 bridgehead atoms. The molecule has 0 atom stereocenters. The molecule has 0 radical (unpaired) electrons. The molecule has 0 spiro atoms. The van der Waals surface area contributed by atoms with Gasteiger partial charge in [-0.2, -0.15) is 0 Å². The van der Waals surface area contributed by atoms with Crippen LogP contribution in [0.15, 0.2) is 33.6 Å². The molecule has 0 unspecified atom stereocenters. The highest BCUT2D eigenvalue weighted by atomic mass is 35.5. The number of aryl methyl sites for hydroxylation is 1. The van der Waals surface area contributed by atoms with Gasteiger partial charge in [0.05, 0.1) is 10.6 Å². The van der Waals surface area contributed by atoms with Crippen LogP contribution in [0.2, 0.25) is 5.02 Å². The summed E-state index contributed by atoms with van der Waals surface area (Å²) in [7, 11) is 0. The Morgan fingerprint density at radius 2 is 2.19 bits per heavy atom. The van der Waals surface area contributed by atoms with Crippen LogP contribution in [-0.2, 0) is 19.5 Å². The van der Waals surface area contributed by atoms with Gasteiger partial charge in [0.1, 0.15) is 11.4 Å². The van der Waals surface area contributed by atoms with Crippen molar-refractivity contribution in [1.29, 1.82) is 0 Å². The second kappa shape index (κ2) is 6.43. The average molecular weight is 382 g/mol. The zero-order chi connectivity index (χ0) is 18.5. The molecule has 5 rings (SSSR count). The molecule has 3 aromatic rings. The number of nitrogens with zero attached hydrogens (tertiary/aromatic N) is 3. The fraction of sp³-hybridized carbons (Fsp3) is 0.381. The molecule has 2 aliphatic rings. The molecular weight excluding hydrogens is 362 g/mol. The first-order chi connectivity index (χ1) is 13.1. The van der Waals surface area contributed by atoms with Crippen molar-refractivity contribution in [2.24, 2.45) is 0 Å². The molecule has 5 nitrogen and oxygen atoms in total. The van der Waals surface area contributed by atoms with Crippen LogP contribution in [-0.4, -0.2) is 21.4 Å². The van der Waals surface area contributed by atoms with Gasteiger partial charge >= 0.3 is 5.63 Å². The lowest BCUT2D eigenvalue weighted by atomic mass is 10.1. The summed E-state index contributed by atoms with van der Waals surface area (Å²) in [6.07, 6.45) is 5.24. The van der Waals surface area contributed by atoms with Gasteiger partial charge in [-0.25, -0.2) is 14.8 Å². The van der Waals surface area contributed by atoms with Gasteiger partial charge in [-0.15, -0.1) is 0 Å². The number of aromatic nitrogens is 2. The van der Waals surface area contributed by atoms with Crippen molar-refractivity contribution in [2.75, 3.05) is 6.54 Å². The van der Waals surface area contributed by atoms with Crippen LogP contribution in [0.4, 0.5) is 0 Å². The summed E-state index contributed by atoms with van der Waals surface area (Å²) < 4.78 is 5.50. The Bertz CT molecular complexity index is 1100. The maximum atomic E-state index is 12.5. The van der Waals surface area contributed by atoms with Crippen molar-refractivity contribution < 1.29 is 4.42 Å². The fourth-order valence-electron chi connectivity index (χ4n) is 3.74. The molecule has 138 valence electrons. The monoisotopic (exact) mass is 381 g/mol. The SMILES string of the molecule is Cc1ccc2oc(=O)c(CN3CCc4nc(C5CC5)ncc4C3)c(Cl)c2c1. The highest BCUT2D eigenvalue weighted by Crippen LogP contribution is 2.38. The molecule has 1 saturated carbocycles. The topological polar surface area (TPSA) is 59.2 Å². The third-order valence-electron chi connectivity index (χ3n) is 5.44. The highest BCUT2D eigenvalue weighted by Gasteiger charge is 2.28. The van der Waals surface area contributed by atoms with Crippen LogP contribution in [0, 0.1) is 6.92 Å². The normalized spacial score (nSPS) is 17.3. The minimum atomic E-state index is -0.359. The molecule has 27 heavy (non-hydrogen) atoms. The van der Waals surface area contributed by atoms with E-state index in [1.807, 2.05) is 25.3 Å². The lowest BCUT2D eigenvalue weighted by Crippen LogP contribution is -2.32. The summed E-state index contributed by atoms with van der Waals surface area (Å²) >= 11 is 6.59. The van der Waals surface area contributed by atoms with E-state index in [4.69, 9.17) is 21.0 Å². The summed E-state index contributed by atoms with van der Waals surface area (Å²) in [5.74, 6) is 1.56. The first-order valence-electron chi connectivity index (χ1n) is 9.37. The van der Waals surface area contributed by atoms with Gasteiger partial charge in [-0.1, -0.05) is 23.2 Å². The van der Waals surface area contributed by atoms with E-state index < -0.39 is 0 Å². The minimum Gasteiger partial charge on any atom is -0.422 e. The molecule has 0 saturated heterocycles. The Labute approximate surface area is 162 Å². The fourth-order valence-corrected chi connectivity index (χ4v) is 4.02. The van der Waals surface area contributed by atoms with E-state index in [2.05, 4.69) is 9.88 Å². The Morgan fingerprint density at radius 1 is 1.33 bits per heavy atom. The first-order valence-corrected chi connectivity index (χ1v) is 9.75. The number of hydrogen-bond acceptors (Lipinski definition) is 5. The van der Waals surface area contributed by atoms with Crippen molar-refractivity contribution in [1.82, 2.24) is 14.9 Å². The van der Waals surface area contributed by atoms with E-state index in [0.29, 0.717) is 28.6 Å². The maximum absolute atomic E-state index is 12.5. The Balaban J connectivity index is 1.43. The summed E-state index contributed by atoms with van der Waals surface area (Å²) in [6, 6.07) is 5.68. The summed E-state index contributed by atoms with van der Waals surface area (Å²) in [5.41, 5.74) is 4.07.